The topological polar surface area (TPSA) is 178 Å². The van der Waals surface area contributed by atoms with E-state index in [-0.39, 0.29) is 16.7 Å². The van der Waals surface area contributed by atoms with Gasteiger partial charge in [0.15, 0.2) is 12.2 Å². The Balaban J connectivity index is 1.76. The molecule has 3 heterocycles. The minimum Gasteiger partial charge on any atom is -0.459 e. The Kier molecular flexibility index (Phi) is 9.51. The molecule has 188 valence electrons. The molecule has 0 radical (unpaired) electrons. The van der Waals surface area contributed by atoms with Crippen molar-refractivity contribution in [3.05, 3.63) is 90.3 Å². The zero-order valence-electron chi connectivity index (χ0n) is 18.8. The smallest absolute Gasteiger partial charge is 0.340 e. The largest absolute Gasteiger partial charge is 0.459 e. The number of carbonyl (C=O) groups is 3. The number of esters is 3. The van der Waals surface area contributed by atoms with Gasteiger partial charge in [-0.3, -0.25) is 15.0 Å². The van der Waals surface area contributed by atoms with Gasteiger partial charge in [-0.2, -0.15) is 0 Å². The number of ether oxygens (including phenoxy) is 3. The molecular weight excluding hydrogens is 474 g/mol. The molecule has 0 aliphatic carbocycles. The molecule has 12 nitrogen and oxygen atoms in total. The fraction of sp³-hybridized carbons (Fsp3) is 0.250. The first kappa shape index (κ1) is 26.3. The van der Waals surface area contributed by atoms with E-state index in [0.717, 1.165) is 0 Å². The Labute approximate surface area is 205 Å². The molecule has 3 N–H and O–H groups in total. The van der Waals surface area contributed by atoms with Crippen LogP contribution in [0.1, 0.15) is 31.1 Å². The first-order valence-electron chi connectivity index (χ1n) is 10.7. The maximum absolute atomic E-state index is 12.6. The number of aromatic nitrogens is 3. The van der Waals surface area contributed by atoms with E-state index in [0.29, 0.717) is 0 Å². The summed E-state index contributed by atoms with van der Waals surface area (Å²) < 4.78 is 15.5. The molecule has 0 saturated carbocycles. The van der Waals surface area contributed by atoms with E-state index in [4.69, 9.17) is 14.2 Å². The number of nitrogens with zero attached hydrogens (tertiary/aromatic N) is 3. The number of hydrogen-bond acceptors (Lipinski definition) is 12. The Morgan fingerprint density at radius 2 is 1.22 bits per heavy atom. The Morgan fingerprint density at radius 3 is 1.67 bits per heavy atom. The van der Waals surface area contributed by atoms with E-state index in [1.165, 1.54) is 73.6 Å². The maximum atomic E-state index is 12.6. The normalized spacial score (nSPS) is 14.1. The molecule has 4 atom stereocenters. The van der Waals surface area contributed by atoms with Gasteiger partial charge < -0.3 is 29.5 Å². The predicted molar refractivity (Wildman–Crippen MR) is 120 cm³/mol. The van der Waals surface area contributed by atoms with Crippen LogP contribution in [0.2, 0.25) is 0 Å². The zero-order chi connectivity index (χ0) is 25.9. The van der Waals surface area contributed by atoms with Gasteiger partial charge in [0.1, 0.15) is 18.8 Å². The lowest BCUT2D eigenvalue weighted by Gasteiger charge is -2.31. The highest BCUT2D eigenvalue weighted by atomic mass is 16.6. The molecule has 0 aromatic carbocycles. The Bertz CT molecular complexity index is 1130. The van der Waals surface area contributed by atoms with Crippen molar-refractivity contribution in [2.24, 2.45) is 0 Å². The van der Waals surface area contributed by atoms with Crippen LogP contribution < -0.4 is 0 Å². The summed E-state index contributed by atoms with van der Waals surface area (Å²) in [4.78, 5) is 48.7. The highest BCUT2D eigenvalue weighted by molar-refractivity contribution is 5.90. The van der Waals surface area contributed by atoms with Gasteiger partial charge in [0, 0.05) is 37.2 Å². The van der Waals surface area contributed by atoms with Crippen molar-refractivity contribution in [2.45, 2.75) is 24.4 Å². The van der Waals surface area contributed by atoms with Gasteiger partial charge in [0.2, 0.25) is 0 Å². The second kappa shape index (κ2) is 13.0. The third kappa shape index (κ3) is 7.12. The van der Waals surface area contributed by atoms with Crippen LogP contribution in [0.15, 0.2) is 73.6 Å². The third-order valence-electron chi connectivity index (χ3n) is 4.86. The summed E-state index contributed by atoms with van der Waals surface area (Å²) in [6.07, 6.45) is 0.912. The lowest BCUT2D eigenvalue weighted by Crippen LogP contribution is -2.51. The molecule has 12 heteroatoms. The van der Waals surface area contributed by atoms with E-state index >= 15 is 0 Å². The van der Waals surface area contributed by atoms with Crippen molar-refractivity contribution in [1.29, 1.82) is 0 Å². The number of aliphatic hydroxyl groups excluding tert-OH is 3. The number of hydrogen-bond donors (Lipinski definition) is 3. The van der Waals surface area contributed by atoms with Gasteiger partial charge in [-0.05, 0) is 36.4 Å². The molecule has 0 fully saturated rings. The Morgan fingerprint density at radius 1 is 0.750 bits per heavy atom. The lowest BCUT2D eigenvalue weighted by atomic mass is 10.0. The lowest BCUT2D eigenvalue weighted by molar-refractivity contribution is -0.132. The number of aliphatic hydroxyl groups is 3. The number of carbonyl (C=O) groups excluding carboxylic acids is 3. The highest BCUT2D eigenvalue weighted by Gasteiger charge is 2.39. The SMILES string of the molecule is O=C(OC[C@@H](O)[C@@H](O)[C@H](OC(=O)c1cccnc1)[C@@H](CO)OC(=O)c1cccnc1)c1cccnc1. The minimum absolute atomic E-state index is 0.00229. The van der Waals surface area contributed by atoms with E-state index < -0.39 is 55.5 Å². The summed E-state index contributed by atoms with van der Waals surface area (Å²) in [5, 5.41) is 31.2. The van der Waals surface area contributed by atoms with Gasteiger partial charge in [-0.1, -0.05) is 0 Å². The average molecular weight is 497 g/mol. The first-order chi connectivity index (χ1) is 17.4. The van der Waals surface area contributed by atoms with Crippen LogP contribution in [0.5, 0.6) is 0 Å². The predicted octanol–water partition coefficient (Wildman–Crippen LogP) is 0.194. The van der Waals surface area contributed by atoms with E-state index in [9.17, 15) is 29.7 Å². The average Bonchev–Trinajstić information content (AvgIpc) is 2.94. The fourth-order valence-electron chi connectivity index (χ4n) is 2.98. The molecule has 3 aromatic rings. The van der Waals surface area contributed by atoms with E-state index in [1.807, 2.05) is 0 Å². The molecule has 0 spiro atoms. The quantitative estimate of drug-likeness (QED) is 0.242. The molecule has 0 amide bonds. The van der Waals surface area contributed by atoms with Crippen LogP contribution in [0.25, 0.3) is 0 Å². The maximum Gasteiger partial charge on any atom is 0.340 e. The molecule has 0 saturated heterocycles. The van der Waals surface area contributed by atoms with Crippen molar-refractivity contribution < 1.29 is 43.9 Å². The molecule has 0 aliphatic rings. The number of pyridine rings is 3. The van der Waals surface area contributed by atoms with Crippen LogP contribution in [-0.2, 0) is 14.2 Å². The summed E-state index contributed by atoms with van der Waals surface area (Å²) in [5.74, 6) is -2.71. The Hall–Kier alpha value is -4.26. The van der Waals surface area contributed by atoms with E-state index in [1.54, 1.807) is 0 Å². The van der Waals surface area contributed by atoms with Crippen LogP contribution in [0, 0.1) is 0 Å². The second-order valence-corrected chi connectivity index (χ2v) is 7.38. The van der Waals surface area contributed by atoms with Gasteiger partial charge in [-0.25, -0.2) is 14.4 Å². The van der Waals surface area contributed by atoms with Gasteiger partial charge in [0.25, 0.3) is 0 Å². The van der Waals surface area contributed by atoms with Crippen LogP contribution in [0.4, 0.5) is 0 Å². The van der Waals surface area contributed by atoms with E-state index in [2.05, 4.69) is 15.0 Å². The fourth-order valence-corrected chi connectivity index (χ4v) is 2.98. The highest BCUT2D eigenvalue weighted by Crippen LogP contribution is 2.17. The second-order valence-electron chi connectivity index (χ2n) is 7.38. The molecule has 0 aliphatic heterocycles. The third-order valence-corrected chi connectivity index (χ3v) is 4.86. The minimum atomic E-state index is -1.94. The molecule has 36 heavy (non-hydrogen) atoms. The van der Waals surface area contributed by atoms with Crippen molar-refractivity contribution in [1.82, 2.24) is 15.0 Å². The molecule has 0 unspecified atom stereocenters. The van der Waals surface area contributed by atoms with Crippen LogP contribution >= 0.6 is 0 Å². The van der Waals surface area contributed by atoms with Gasteiger partial charge >= 0.3 is 17.9 Å². The summed E-state index contributed by atoms with van der Waals surface area (Å²) >= 11 is 0. The van der Waals surface area contributed by atoms with Crippen molar-refractivity contribution >= 4 is 17.9 Å². The molecule has 0 bridgehead atoms. The van der Waals surface area contributed by atoms with Crippen molar-refractivity contribution in [2.75, 3.05) is 13.2 Å². The van der Waals surface area contributed by atoms with Crippen LogP contribution in [-0.4, -0.2) is 85.8 Å². The summed E-state index contributed by atoms with van der Waals surface area (Å²) in [6, 6.07) is 8.71. The number of rotatable bonds is 11. The summed E-state index contributed by atoms with van der Waals surface area (Å²) in [5.41, 5.74) is 0.147. The zero-order valence-corrected chi connectivity index (χ0v) is 18.8. The molecular formula is C24H23N3O9. The van der Waals surface area contributed by atoms with Crippen LogP contribution in [0.3, 0.4) is 0 Å². The van der Waals surface area contributed by atoms with Crippen molar-refractivity contribution in [3.8, 4) is 0 Å². The first-order valence-corrected chi connectivity index (χ1v) is 10.7. The summed E-state index contributed by atoms with van der Waals surface area (Å²) in [7, 11) is 0. The summed E-state index contributed by atoms with van der Waals surface area (Å²) in [6.45, 7) is -1.58. The standard InChI is InChI=1S/C24H23N3O9/c28-13-19(35-23(32)16-5-2-8-26-11-16)21(36-24(33)17-6-3-9-27-12-17)20(30)18(29)14-34-22(31)15-4-1-7-25-10-15/h1-12,18-21,28-30H,13-14H2/t18-,19-,20-,21-/m1/s1. The molecule has 3 rings (SSSR count). The van der Waals surface area contributed by atoms with Gasteiger partial charge in [-0.15, -0.1) is 0 Å². The van der Waals surface area contributed by atoms with Crippen molar-refractivity contribution in [3.63, 3.8) is 0 Å². The van der Waals surface area contributed by atoms with Gasteiger partial charge in [0.05, 0.1) is 23.3 Å². The monoisotopic (exact) mass is 497 g/mol. The molecule has 3 aromatic heterocycles.